The molecule has 1 aromatic carbocycles. The van der Waals surface area contributed by atoms with Crippen molar-refractivity contribution >= 4 is 27.3 Å². The molecule has 106 valence electrons. The minimum Gasteiger partial charge on any atom is -0.280 e. The van der Waals surface area contributed by atoms with E-state index in [0.717, 1.165) is 11.1 Å². The van der Waals surface area contributed by atoms with Crippen molar-refractivity contribution in [3.8, 4) is 0 Å². The number of aromatic nitrogens is 1. The maximum absolute atomic E-state index is 12.0. The van der Waals surface area contributed by atoms with Crippen LogP contribution in [0.4, 0.5) is 5.69 Å². The van der Waals surface area contributed by atoms with Gasteiger partial charge in [0.05, 0.1) is 11.4 Å². The number of nitrogens with one attached hydrogen (secondary N) is 1. The molecule has 2 rings (SSSR count). The molecular formula is C14H15ClN2O2S. The summed E-state index contributed by atoms with van der Waals surface area (Å²) in [6.45, 7) is 1.82. The molecule has 0 radical (unpaired) electrons. The first kappa shape index (κ1) is 14.8. The summed E-state index contributed by atoms with van der Waals surface area (Å²) in [7, 11) is -3.45. The molecule has 2 aromatic rings. The number of rotatable bonds is 5. The van der Waals surface area contributed by atoms with Crippen LogP contribution in [0.2, 0.25) is 5.15 Å². The lowest BCUT2D eigenvalue weighted by Gasteiger charge is -2.09. The molecule has 20 heavy (non-hydrogen) atoms. The predicted octanol–water partition coefficient (Wildman–Crippen LogP) is 3.03. The summed E-state index contributed by atoms with van der Waals surface area (Å²) in [5, 5.41) is 0.152. The summed E-state index contributed by atoms with van der Waals surface area (Å²) in [4.78, 5) is 3.92. The van der Waals surface area contributed by atoms with E-state index in [1.54, 1.807) is 12.3 Å². The van der Waals surface area contributed by atoms with Gasteiger partial charge in [0.15, 0.2) is 5.15 Å². The minimum atomic E-state index is -3.45. The molecule has 4 nitrogen and oxygen atoms in total. The fourth-order valence-corrected chi connectivity index (χ4v) is 3.04. The van der Waals surface area contributed by atoms with E-state index in [2.05, 4.69) is 9.71 Å². The van der Waals surface area contributed by atoms with Crippen LogP contribution < -0.4 is 4.72 Å². The maximum Gasteiger partial charge on any atom is 0.233 e. The molecule has 0 unspecified atom stereocenters. The van der Waals surface area contributed by atoms with Gasteiger partial charge in [0.1, 0.15) is 0 Å². The van der Waals surface area contributed by atoms with Gasteiger partial charge in [-0.3, -0.25) is 4.72 Å². The van der Waals surface area contributed by atoms with Crippen LogP contribution in [0.3, 0.4) is 0 Å². The topological polar surface area (TPSA) is 59.1 Å². The Balaban J connectivity index is 2.06. The average molecular weight is 311 g/mol. The highest BCUT2D eigenvalue weighted by molar-refractivity contribution is 7.92. The van der Waals surface area contributed by atoms with E-state index in [0.29, 0.717) is 12.1 Å². The van der Waals surface area contributed by atoms with Crippen molar-refractivity contribution < 1.29 is 8.42 Å². The molecule has 1 N–H and O–H groups in total. The third kappa shape index (κ3) is 4.21. The van der Waals surface area contributed by atoms with Crippen LogP contribution in [0, 0.1) is 6.92 Å². The standard InChI is InChI=1S/C14H15ClN2O2S/c1-11-9-13(14(15)16-10-11)17-20(18,19)8-7-12-5-3-2-4-6-12/h2-6,9-10,17H,7-8H2,1H3. The third-order valence-corrected chi connectivity index (χ3v) is 4.32. The van der Waals surface area contributed by atoms with Crippen molar-refractivity contribution in [2.24, 2.45) is 0 Å². The number of hydrogen-bond acceptors (Lipinski definition) is 3. The molecule has 0 bridgehead atoms. The fraction of sp³-hybridized carbons (Fsp3) is 0.214. The van der Waals surface area contributed by atoms with Gasteiger partial charge in [0, 0.05) is 6.20 Å². The van der Waals surface area contributed by atoms with E-state index in [9.17, 15) is 8.42 Å². The smallest absolute Gasteiger partial charge is 0.233 e. The second-order valence-electron chi connectivity index (χ2n) is 4.51. The molecule has 0 aliphatic carbocycles. The van der Waals surface area contributed by atoms with Crippen molar-refractivity contribution in [1.82, 2.24) is 4.98 Å². The van der Waals surface area contributed by atoms with Gasteiger partial charge < -0.3 is 0 Å². The largest absolute Gasteiger partial charge is 0.280 e. The number of hydrogen-bond donors (Lipinski definition) is 1. The summed E-state index contributed by atoms with van der Waals surface area (Å²) in [5.41, 5.74) is 2.14. The number of sulfonamides is 1. The van der Waals surface area contributed by atoms with Crippen molar-refractivity contribution in [3.63, 3.8) is 0 Å². The monoisotopic (exact) mass is 310 g/mol. The first-order chi connectivity index (χ1) is 9.46. The second-order valence-corrected chi connectivity index (χ2v) is 6.71. The summed E-state index contributed by atoms with van der Waals surface area (Å²) in [5.74, 6) is 0.00127. The van der Waals surface area contributed by atoms with Crippen molar-refractivity contribution in [2.45, 2.75) is 13.3 Å². The van der Waals surface area contributed by atoms with E-state index in [4.69, 9.17) is 11.6 Å². The second kappa shape index (κ2) is 6.24. The first-order valence-electron chi connectivity index (χ1n) is 6.13. The normalized spacial score (nSPS) is 11.3. The third-order valence-electron chi connectivity index (χ3n) is 2.74. The highest BCUT2D eigenvalue weighted by Crippen LogP contribution is 2.21. The SMILES string of the molecule is Cc1cnc(Cl)c(NS(=O)(=O)CCc2ccccc2)c1. The van der Waals surface area contributed by atoms with Gasteiger partial charge in [-0.1, -0.05) is 41.9 Å². The Morgan fingerprint density at radius 3 is 2.65 bits per heavy atom. The van der Waals surface area contributed by atoms with Gasteiger partial charge in [-0.05, 0) is 30.5 Å². The van der Waals surface area contributed by atoms with Gasteiger partial charge in [0.2, 0.25) is 10.0 Å². The van der Waals surface area contributed by atoms with Crippen molar-refractivity contribution in [3.05, 3.63) is 58.9 Å². The van der Waals surface area contributed by atoms with Gasteiger partial charge >= 0.3 is 0 Å². The van der Waals surface area contributed by atoms with E-state index in [1.165, 1.54) is 0 Å². The number of benzene rings is 1. The molecule has 1 heterocycles. The zero-order chi connectivity index (χ0) is 14.6. The van der Waals surface area contributed by atoms with Crippen molar-refractivity contribution in [1.29, 1.82) is 0 Å². The lowest BCUT2D eigenvalue weighted by molar-refractivity contribution is 0.600. The van der Waals surface area contributed by atoms with Crippen LogP contribution in [0.15, 0.2) is 42.6 Å². The van der Waals surface area contributed by atoms with E-state index in [-0.39, 0.29) is 10.9 Å². The van der Waals surface area contributed by atoms with Crippen LogP contribution in [0.25, 0.3) is 0 Å². The van der Waals surface area contributed by atoms with E-state index >= 15 is 0 Å². The summed E-state index contributed by atoms with van der Waals surface area (Å²) >= 11 is 5.88. The average Bonchev–Trinajstić information content (AvgIpc) is 2.42. The van der Waals surface area contributed by atoms with Crippen LogP contribution in [-0.4, -0.2) is 19.2 Å². The molecule has 0 amide bonds. The van der Waals surface area contributed by atoms with Gasteiger partial charge in [0.25, 0.3) is 0 Å². The molecular weight excluding hydrogens is 296 g/mol. The molecule has 0 spiro atoms. The molecule has 0 fully saturated rings. The molecule has 0 atom stereocenters. The number of nitrogens with zero attached hydrogens (tertiary/aromatic N) is 1. The van der Waals surface area contributed by atoms with Crippen molar-refractivity contribution in [2.75, 3.05) is 10.5 Å². The van der Waals surface area contributed by atoms with E-state index in [1.807, 2.05) is 37.3 Å². The van der Waals surface area contributed by atoms with Crippen LogP contribution >= 0.6 is 11.6 Å². The fourth-order valence-electron chi connectivity index (χ4n) is 1.74. The molecule has 0 saturated carbocycles. The molecule has 0 saturated heterocycles. The highest BCUT2D eigenvalue weighted by Gasteiger charge is 2.13. The van der Waals surface area contributed by atoms with E-state index < -0.39 is 10.0 Å². The Morgan fingerprint density at radius 1 is 1.25 bits per heavy atom. The summed E-state index contributed by atoms with van der Waals surface area (Å²) in [6, 6.07) is 11.1. The number of aryl methyl sites for hydroxylation is 2. The Labute approximate surface area is 123 Å². The number of halogens is 1. The molecule has 0 aliphatic heterocycles. The first-order valence-corrected chi connectivity index (χ1v) is 8.16. The molecule has 0 aliphatic rings. The lowest BCUT2D eigenvalue weighted by Crippen LogP contribution is -2.18. The van der Waals surface area contributed by atoms with Crippen LogP contribution in [0.5, 0.6) is 0 Å². The van der Waals surface area contributed by atoms with Gasteiger partial charge in [-0.2, -0.15) is 0 Å². The summed E-state index contributed by atoms with van der Waals surface area (Å²) < 4.78 is 26.6. The maximum atomic E-state index is 12.0. The van der Waals surface area contributed by atoms with Crippen LogP contribution in [-0.2, 0) is 16.4 Å². The Bertz CT molecular complexity index is 688. The highest BCUT2D eigenvalue weighted by atomic mass is 35.5. The quantitative estimate of drug-likeness (QED) is 0.864. The Hall–Kier alpha value is -1.59. The Morgan fingerprint density at radius 2 is 1.95 bits per heavy atom. The predicted molar refractivity (Wildman–Crippen MR) is 81.5 cm³/mol. The van der Waals surface area contributed by atoms with Gasteiger partial charge in [-0.15, -0.1) is 0 Å². The number of anilines is 1. The van der Waals surface area contributed by atoms with Crippen LogP contribution in [0.1, 0.15) is 11.1 Å². The molecule has 1 aromatic heterocycles. The Kier molecular flexibility index (Phi) is 4.62. The lowest BCUT2D eigenvalue weighted by atomic mass is 10.2. The zero-order valence-electron chi connectivity index (χ0n) is 11.0. The number of pyridine rings is 1. The zero-order valence-corrected chi connectivity index (χ0v) is 12.6. The summed E-state index contributed by atoms with van der Waals surface area (Å²) in [6.07, 6.45) is 2.04. The van der Waals surface area contributed by atoms with Gasteiger partial charge in [-0.25, -0.2) is 13.4 Å². The molecule has 6 heteroatoms. The minimum absolute atomic E-state index is 0.00127.